The quantitative estimate of drug-likeness (QED) is 0.728. The monoisotopic (exact) mass is 449 g/mol. The number of sulfonamides is 1. The highest BCUT2D eigenvalue weighted by atomic mass is 79.9. The molecular weight excluding hydrogens is 437 g/mol. The van der Waals surface area contributed by atoms with Crippen LogP contribution in [0, 0.1) is 5.82 Å². The second kappa shape index (κ2) is 8.16. The molecule has 9 heteroatoms. The molecule has 0 fully saturated rings. The number of hydrogen-bond acceptors (Lipinski definition) is 4. The summed E-state index contributed by atoms with van der Waals surface area (Å²) in [5, 5.41) is 0.0522. The third-order valence-corrected chi connectivity index (χ3v) is 5.51. The van der Waals surface area contributed by atoms with E-state index in [9.17, 15) is 17.6 Å². The van der Waals surface area contributed by atoms with Crippen LogP contribution >= 0.6 is 27.5 Å². The molecule has 0 heterocycles. The molecule has 1 N–H and O–H groups in total. The maximum atomic E-state index is 13.7. The van der Waals surface area contributed by atoms with Crippen molar-refractivity contribution in [2.75, 3.05) is 6.61 Å². The van der Waals surface area contributed by atoms with E-state index in [0.29, 0.717) is 16.8 Å². The van der Waals surface area contributed by atoms with E-state index < -0.39 is 28.2 Å². The molecule has 134 valence electrons. The van der Waals surface area contributed by atoms with Gasteiger partial charge in [-0.15, -0.1) is 0 Å². The Bertz CT molecular complexity index is 885. The van der Waals surface area contributed by atoms with Crippen molar-refractivity contribution in [1.82, 2.24) is 4.72 Å². The Morgan fingerprint density at radius 2 is 2.04 bits per heavy atom. The number of amides is 1. The van der Waals surface area contributed by atoms with Gasteiger partial charge in [0.05, 0.1) is 22.4 Å². The first kappa shape index (κ1) is 19.7. The Morgan fingerprint density at radius 1 is 1.32 bits per heavy atom. The van der Waals surface area contributed by atoms with Gasteiger partial charge in [0, 0.05) is 10.6 Å². The van der Waals surface area contributed by atoms with E-state index in [0.717, 1.165) is 6.07 Å². The van der Waals surface area contributed by atoms with Crippen LogP contribution in [0.2, 0.25) is 5.02 Å². The molecule has 5 nitrogen and oxygen atoms in total. The lowest BCUT2D eigenvalue weighted by Crippen LogP contribution is -2.32. The van der Waals surface area contributed by atoms with Crippen molar-refractivity contribution in [3.05, 3.63) is 57.3 Å². The summed E-state index contributed by atoms with van der Waals surface area (Å²) in [4.78, 5) is 11.9. The van der Waals surface area contributed by atoms with E-state index in [2.05, 4.69) is 15.9 Å². The molecule has 0 saturated heterocycles. The topological polar surface area (TPSA) is 72.5 Å². The smallest absolute Gasteiger partial charge is 0.264 e. The van der Waals surface area contributed by atoms with Crippen LogP contribution in [-0.4, -0.2) is 20.9 Å². The van der Waals surface area contributed by atoms with Crippen LogP contribution < -0.4 is 9.46 Å². The number of ether oxygens (including phenoxy) is 1. The van der Waals surface area contributed by atoms with Gasteiger partial charge in [-0.3, -0.25) is 4.79 Å². The summed E-state index contributed by atoms with van der Waals surface area (Å²) in [6.45, 7) is 2.22. The second-order valence-corrected chi connectivity index (χ2v) is 7.87. The van der Waals surface area contributed by atoms with Crippen molar-refractivity contribution in [3.63, 3.8) is 0 Å². The molecule has 0 saturated carbocycles. The molecule has 1 amide bonds. The number of hydrogen-bond donors (Lipinski definition) is 1. The maximum Gasteiger partial charge on any atom is 0.264 e. The standard InChI is InChI=1S/C16H14BrClFNO4S/c1-2-24-15-7-6-10(8-12(15)17)25(22,23)20-16(21)9-11-13(18)4-3-5-14(11)19/h3-8H,2,9H2,1H3,(H,20,21). The molecule has 0 aliphatic carbocycles. The maximum absolute atomic E-state index is 13.7. The fraction of sp³-hybridized carbons (Fsp3) is 0.188. The normalized spacial score (nSPS) is 11.2. The van der Waals surface area contributed by atoms with Crippen LogP contribution in [0.3, 0.4) is 0 Å². The molecule has 0 aliphatic rings. The Balaban J connectivity index is 2.18. The highest BCUT2D eigenvalue weighted by molar-refractivity contribution is 9.10. The third kappa shape index (κ3) is 4.93. The van der Waals surface area contributed by atoms with Gasteiger partial charge in [-0.2, -0.15) is 0 Å². The van der Waals surface area contributed by atoms with Crippen molar-refractivity contribution in [2.24, 2.45) is 0 Å². The van der Waals surface area contributed by atoms with Crippen LogP contribution in [0.4, 0.5) is 4.39 Å². The number of rotatable bonds is 6. The Morgan fingerprint density at radius 3 is 2.64 bits per heavy atom. The van der Waals surface area contributed by atoms with Crippen LogP contribution in [0.15, 0.2) is 45.8 Å². The fourth-order valence-corrected chi connectivity index (χ4v) is 3.91. The highest BCUT2D eigenvalue weighted by Crippen LogP contribution is 2.28. The summed E-state index contributed by atoms with van der Waals surface area (Å²) < 4.78 is 45.9. The summed E-state index contributed by atoms with van der Waals surface area (Å²) in [5.41, 5.74) is -0.0651. The molecule has 0 spiro atoms. The Hall–Kier alpha value is -1.64. The fourth-order valence-electron chi connectivity index (χ4n) is 2.03. The van der Waals surface area contributed by atoms with Crippen LogP contribution in [0.1, 0.15) is 12.5 Å². The predicted molar refractivity (Wildman–Crippen MR) is 95.8 cm³/mol. The molecule has 2 aromatic rings. The summed E-state index contributed by atoms with van der Waals surface area (Å²) >= 11 is 9.05. The summed E-state index contributed by atoms with van der Waals surface area (Å²) in [5.74, 6) is -1.09. The van der Waals surface area contributed by atoms with E-state index >= 15 is 0 Å². The van der Waals surface area contributed by atoms with E-state index in [4.69, 9.17) is 16.3 Å². The lowest BCUT2D eigenvalue weighted by atomic mass is 10.1. The second-order valence-electron chi connectivity index (χ2n) is 4.93. The summed E-state index contributed by atoms with van der Waals surface area (Å²) in [6.07, 6.45) is -0.497. The van der Waals surface area contributed by atoms with E-state index in [1.54, 1.807) is 6.92 Å². The zero-order valence-corrected chi connectivity index (χ0v) is 16.2. The molecule has 0 unspecified atom stereocenters. The average Bonchev–Trinajstić information content (AvgIpc) is 2.52. The molecule has 25 heavy (non-hydrogen) atoms. The zero-order valence-electron chi connectivity index (χ0n) is 13.1. The van der Waals surface area contributed by atoms with Crippen molar-refractivity contribution in [1.29, 1.82) is 0 Å². The molecule has 0 bridgehead atoms. The largest absolute Gasteiger partial charge is 0.493 e. The van der Waals surface area contributed by atoms with Gasteiger partial charge in [-0.05, 0) is 53.2 Å². The summed E-state index contributed by atoms with van der Waals surface area (Å²) in [6, 6.07) is 8.06. The van der Waals surface area contributed by atoms with Gasteiger partial charge in [0.15, 0.2) is 0 Å². The first-order valence-electron chi connectivity index (χ1n) is 7.15. The van der Waals surface area contributed by atoms with Crippen molar-refractivity contribution < 1.29 is 22.3 Å². The zero-order chi connectivity index (χ0) is 18.6. The van der Waals surface area contributed by atoms with Crippen LogP contribution in [0.5, 0.6) is 5.75 Å². The van der Waals surface area contributed by atoms with Gasteiger partial charge in [-0.1, -0.05) is 17.7 Å². The Labute approximate surface area is 158 Å². The SMILES string of the molecule is CCOc1ccc(S(=O)(=O)NC(=O)Cc2c(F)cccc2Cl)cc1Br. The van der Waals surface area contributed by atoms with Gasteiger partial charge < -0.3 is 4.74 Å². The van der Waals surface area contributed by atoms with Crippen molar-refractivity contribution in [2.45, 2.75) is 18.2 Å². The number of carbonyl (C=O) groups excluding carboxylic acids is 1. The van der Waals surface area contributed by atoms with Crippen LogP contribution in [-0.2, 0) is 21.2 Å². The van der Waals surface area contributed by atoms with E-state index in [1.165, 1.54) is 30.3 Å². The molecule has 2 rings (SSSR count). The molecule has 2 aromatic carbocycles. The molecule has 0 aliphatic heterocycles. The summed E-state index contributed by atoms with van der Waals surface area (Å²) in [7, 11) is -4.11. The number of carbonyl (C=O) groups is 1. The predicted octanol–water partition coefficient (Wildman–Crippen LogP) is 3.69. The number of nitrogens with one attached hydrogen (secondary N) is 1. The van der Waals surface area contributed by atoms with Gasteiger partial charge in [0.1, 0.15) is 11.6 Å². The minimum absolute atomic E-state index is 0.0522. The van der Waals surface area contributed by atoms with Crippen LogP contribution in [0.25, 0.3) is 0 Å². The molecular formula is C16H14BrClFNO4S. The first-order chi connectivity index (χ1) is 11.7. The van der Waals surface area contributed by atoms with Gasteiger partial charge in [-0.25, -0.2) is 17.5 Å². The Kier molecular flexibility index (Phi) is 6.42. The van der Waals surface area contributed by atoms with Gasteiger partial charge in [0.2, 0.25) is 5.91 Å². The number of benzene rings is 2. The lowest BCUT2D eigenvalue weighted by Gasteiger charge is -2.10. The minimum Gasteiger partial charge on any atom is -0.493 e. The molecule has 0 radical (unpaired) electrons. The van der Waals surface area contributed by atoms with Crippen molar-refractivity contribution in [3.8, 4) is 5.75 Å². The average molecular weight is 451 g/mol. The van der Waals surface area contributed by atoms with Gasteiger partial charge in [0.25, 0.3) is 10.0 Å². The van der Waals surface area contributed by atoms with Gasteiger partial charge >= 0.3 is 0 Å². The van der Waals surface area contributed by atoms with E-state index in [-0.39, 0.29) is 15.5 Å². The molecule has 0 atom stereocenters. The van der Waals surface area contributed by atoms with Crippen molar-refractivity contribution >= 4 is 43.5 Å². The minimum atomic E-state index is -4.11. The number of halogens is 3. The lowest BCUT2D eigenvalue weighted by molar-refractivity contribution is -0.118. The third-order valence-electron chi connectivity index (χ3n) is 3.16. The highest BCUT2D eigenvalue weighted by Gasteiger charge is 2.21. The van der Waals surface area contributed by atoms with E-state index in [1.807, 2.05) is 4.72 Å². The first-order valence-corrected chi connectivity index (χ1v) is 9.81. The molecule has 0 aromatic heterocycles.